The summed E-state index contributed by atoms with van der Waals surface area (Å²) in [6.45, 7) is 5.57. The van der Waals surface area contributed by atoms with Crippen molar-refractivity contribution in [2.45, 2.75) is 37.8 Å². The third-order valence-corrected chi connectivity index (χ3v) is 2.08. The van der Waals surface area contributed by atoms with Crippen molar-refractivity contribution in [3.8, 4) is 0 Å². The summed E-state index contributed by atoms with van der Waals surface area (Å²) in [5.74, 6) is -1.48. The van der Waals surface area contributed by atoms with Gasteiger partial charge >= 0.3 is 21.1 Å². The van der Waals surface area contributed by atoms with E-state index in [0.717, 1.165) is 12.8 Å². The monoisotopic (exact) mass is 391 g/mol. The van der Waals surface area contributed by atoms with E-state index in [1.807, 2.05) is 0 Å². The summed E-state index contributed by atoms with van der Waals surface area (Å²) in [6.07, 6.45) is 4.25. The quantitative estimate of drug-likeness (QED) is 0.507. The summed E-state index contributed by atoms with van der Waals surface area (Å²) < 4.78 is 0. The molecule has 1 saturated carbocycles. The fraction of sp³-hybridized carbons (Fsp3) is 0.600. The second kappa shape index (κ2) is 8.95. The third-order valence-electron chi connectivity index (χ3n) is 2.08. The van der Waals surface area contributed by atoms with E-state index in [1.165, 1.54) is 12.8 Å². The molecule has 15 heavy (non-hydrogen) atoms. The SMILES string of the molecule is [CH2-]C(=O)C([CH2-])=O.[NH-][C@@H]1CCCC[C@H]1[NH-].[Pt+4]. The van der Waals surface area contributed by atoms with Crippen LogP contribution in [0.2, 0.25) is 0 Å². The molecule has 0 radical (unpaired) electrons. The van der Waals surface area contributed by atoms with Gasteiger partial charge in [0, 0.05) is 0 Å². The largest absolute Gasteiger partial charge is 4.00 e. The zero-order valence-electron chi connectivity index (χ0n) is 8.53. The first-order chi connectivity index (χ1) is 6.45. The predicted molar refractivity (Wildman–Crippen MR) is 55.4 cm³/mol. The predicted octanol–water partition coefficient (Wildman–Crippen LogP) is 2.19. The van der Waals surface area contributed by atoms with Crippen molar-refractivity contribution in [3.63, 3.8) is 0 Å². The van der Waals surface area contributed by atoms with Crippen molar-refractivity contribution in [2.24, 2.45) is 0 Å². The fourth-order valence-corrected chi connectivity index (χ4v) is 1.13. The summed E-state index contributed by atoms with van der Waals surface area (Å²) in [6, 6.07) is -0.160. The average molecular weight is 391 g/mol. The minimum Gasteiger partial charge on any atom is -0.676 e. The van der Waals surface area contributed by atoms with E-state index in [0.29, 0.717) is 0 Å². The van der Waals surface area contributed by atoms with Crippen LogP contribution in [0.3, 0.4) is 0 Å². The van der Waals surface area contributed by atoms with Crippen LogP contribution in [-0.2, 0) is 30.7 Å². The van der Waals surface area contributed by atoms with Gasteiger partial charge < -0.3 is 21.1 Å². The Morgan fingerprint density at radius 2 is 1.20 bits per heavy atom. The van der Waals surface area contributed by atoms with Gasteiger partial charge in [0.1, 0.15) is 0 Å². The molecule has 0 aliphatic heterocycles. The number of hydrogen-bond donors (Lipinski definition) is 0. The molecule has 0 aromatic rings. The van der Waals surface area contributed by atoms with Gasteiger partial charge in [-0.2, -0.15) is 12.1 Å². The number of carbonyl (C=O) groups excluding carboxylic acids is 2. The molecule has 1 rings (SSSR count). The van der Waals surface area contributed by atoms with E-state index in [1.54, 1.807) is 0 Å². The van der Waals surface area contributed by atoms with Crippen LogP contribution in [0, 0.1) is 13.8 Å². The van der Waals surface area contributed by atoms with Gasteiger partial charge in [0.15, 0.2) is 0 Å². The van der Waals surface area contributed by atoms with Gasteiger partial charge in [-0.25, -0.2) is 0 Å². The zero-order valence-corrected chi connectivity index (χ0v) is 10.8. The first kappa shape index (κ1) is 17.1. The molecule has 2 N–H and O–H groups in total. The summed E-state index contributed by atoms with van der Waals surface area (Å²) in [4.78, 5) is 19.2. The van der Waals surface area contributed by atoms with Crippen LogP contribution < -0.4 is 0 Å². The molecule has 0 aromatic carbocycles. The van der Waals surface area contributed by atoms with Crippen LogP contribution in [0.15, 0.2) is 0 Å². The van der Waals surface area contributed by atoms with Crippen LogP contribution in [-0.4, -0.2) is 23.7 Å². The number of rotatable bonds is 1. The molecule has 0 amide bonds. The zero-order chi connectivity index (χ0) is 11.1. The standard InChI is InChI=1S/C6H12N2.C4H4O2.Pt/c7-5-3-1-2-4-6(5)8;1-3(5)4(2)6;/h5-8H,1-4H2;1-2H2;/q2*-2;+4/t5-,6-;;/m1../s1. The number of hydrogen-bond acceptors (Lipinski definition) is 2. The molecule has 0 bridgehead atoms. The first-order valence-electron chi connectivity index (χ1n) is 4.59. The van der Waals surface area contributed by atoms with E-state index >= 15 is 0 Å². The second-order valence-corrected chi connectivity index (χ2v) is 3.34. The molecule has 5 heteroatoms. The topological polar surface area (TPSA) is 81.7 Å². The Bertz CT molecular complexity index is 188. The number of carbonyl (C=O) groups is 2. The smallest absolute Gasteiger partial charge is 0.676 e. The molecule has 1 fully saturated rings. The number of nitrogens with one attached hydrogen (secondary N) is 2. The second-order valence-electron chi connectivity index (χ2n) is 3.34. The number of ketones is 2. The van der Waals surface area contributed by atoms with Gasteiger partial charge in [-0.05, 0) is 0 Å². The van der Waals surface area contributed by atoms with Crippen LogP contribution in [0.4, 0.5) is 0 Å². The Morgan fingerprint density at radius 3 is 1.33 bits per heavy atom. The van der Waals surface area contributed by atoms with Gasteiger partial charge in [0.05, 0.1) is 0 Å². The van der Waals surface area contributed by atoms with Gasteiger partial charge in [-0.3, -0.25) is 13.8 Å². The van der Waals surface area contributed by atoms with Crippen molar-refractivity contribution >= 4 is 11.6 Å². The van der Waals surface area contributed by atoms with E-state index < -0.39 is 11.6 Å². The molecule has 0 saturated heterocycles. The van der Waals surface area contributed by atoms with Crippen molar-refractivity contribution < 1.29 is 30.7 Å². The van der Waals surface area contributed by atoms with Gasteiger partial charge in [0.25, 0.3) is 0 Å². The van der Waals surface area contributed by atoms with Crippen LogP contribution in [0.5, 0.6) is 0 Å². The molecular weight excluding hydrogens is 375 g/mol. The normalized spacial score (nSPS) is 24.1. The third kappa shape index (κ3) is 8.67. The van der Waals surface area contributed by atoms with Crippen LogP contribution >= 0.6 is 0 Å². The molecule has 1 aliphatic rings. The van der Waals surface area contributed by atoms with E-state index in [9.17, 15) is 9.59 Å². The molecule has 2 atom stereocenters. The Balaban J connectivity index is 0. The molecule has 0 aromatic heterocycles. The Morgan fingerprint density at radius 1 is 0.933 bits per heavy atom. The van der Waals surface area contributed by atoms with Crippen molar-refractivity contribution in [2.75, 3.05) is 0 Å². The summed E-state index contributed by atoms with van der Waals surface area (Å²) in [7, 11) is 0. The maximum absolute atomic E-state index is 9.62. The van der Waals surface area contributed by atoms with Gasteiger partial charge in [0.2, 0.25) is 0 Å². The van der Waals surface area contributed by atoms with E-state index in [4.69, 9.17) is 11.5 Å². The molecule has 0 heterocycles. The Hall–Kier alpha value is -0.312. The van der Waals surface area contributed by atoms with Gasteiger partial charge in [-0.15, -0.1) is 11.6 Å². The van der Waals surface area contributed by atoms with Crippen molar-refractivity contribution in [1.29, 1.82) is 0 Å². The van der Waals surface area contributed by atoms with Crippen LogP contribution in [0.25, 0.3) is 11.5 Å². The maximum atomic E-state index is 9.62. The molecule has 0 unspecified atom stereocenters. The maximum Gasteiger partial charge on any atom is 4.00 e. The fourth-order valence-electron chi connectivity index (χ4n) is 1.13. The molecular formula is C10H16N2O2Pt. The minimum atomic E-state index is -0.741. The Kier molecular flexibility index (Phi) is 10.2. The van der Waals surface area contributed by atoms with E-state index in [2.05, 4.69) is 13.8 Å². The summed E-state index contributed by atoms with van der Waals surface area (Å²) in [5, 5.41) is 0. The van der Waals surface area contributed by atoms with Gasteiger partial charge in [-0.1, -0.05) is 25.7 Å². The minimum absolute atomic E-state index is 0. The molecule has 1 aliphatic carbocycles. The van der Waals surface area contributed by atoms with Crippen molar-refractivity contribution in [1.82, 2.24) is 0 Å². The first-order valence-corrected chi connectivity index (χ1v) is 4.59. The molecule has 88 valence electrons. The average Bonchev–Trinajstić information content (AvgIpc) is 2.11. The summed E-state index contributed by atoms with van der Waals surface area (Å²) in [5.41, 5.74) is 14.6. The summed E-state index contributed by atoms with van der Waals surface area (Å²) >= 11 is 0. The molecule has 0 spiro atoms. The van der Waals surface area contributed by atoms with Crippen LogP contribution in [0.1, 0.15) is 25.7 Å². The molecule has 4 nitrogen and oxygen atoms in total. The Labute approximate surface area is 105 Å². The number of Topliss-reactive ketones (excluding diaryl/α,β-unsaturated/α-hetero) is 2. The van der Waals surface area contributed by atoms with E-state index in [-0.39, 0.29) is 33.1 Å². The van der Waals surface area contributed by atoms with Crippen molar-refractivity contribution in [3.05, 3.63) is 25.3 Å².